The second-order valence-electron chi connectivity index (χ2n) is 8.74. The number of nitrogens with one attached hydrogen (secondary N) is 2. The van der Waals surface area contributed by atoms with E-state index in [1.165, 1.54) is 4.57 Å². The van der Waals surface area contributed by atoms with Gasteiger partial charge in [-0.25, -0.2) is 4.79 Å². The Balaban J connectivity index is 1.27. The van der Waals surface area contributed by atoms with Crippen LogP contribution in [0.25, 0.3) is 22.2 Å². The summed E-state index contributed by atoms with van der Waals surface area (Å²) >= 11 is 0. The molecule has 2 saturated heterocycles. The maximum Gasteiger partial charge on any atom is 0.419 e. The molecule has 0 aliphatic carbocycles. The Kier molecular flexibility index (Phi) is 5.08. The second-order valence-corrected chi connectivity index (χ2v) is 8.74. The fraction of sp³-hybridized carbons (Fsp3) is 0.375. The molecule has 1 amide bonds. The zero-order valence-corrected chi connectivity index (χ0v) is 17.8. The molecule has 3 aromatic rings. The minimum absolute atomic E-state index is 0.0829. The quantitative estimate of drug-likeness (QED) is 0.634. The lowest BCUT2D eigenvalue weighted by molar-refractivity contribution is -0.150. The molecule has 0 saturated carbocycles. The van der Waals surface area contributed by atoms with Crippen LogP contribution in [-0.4, -0.2) is 42.8 Å². The molecule has 3 heterocycles. The van der Waals surface area contributed by atoms with Crippen molar-refractivity contribution in [2.45, 2.75) is 12.5 Å². The fourth-order valence-electron chi connectivity index (χ4n) is 4.62. The Morgan fingerprint density at radius 1 is 1.28 bits per heavy atom. The Morgan fingerprint density at radius 3 is 2.72 bits per heavy atom. The van der Waals surface area contributed by atoms with Crippen LogP contribution in [0.15, 0.2) is 51.7 Å². The van der Waals surface area contributed by atoms with Gasteiger partial charge in [0.25, 0.3) is 0 Å². The molecule has 5 rings (SSSR count). The lowest BCUT2D eigenvalue weighted by Gasteiger charge is -2.41. The van der Waals surface area contributed by atoms with Crippen molar-refractivity contribution >= 4 is 17.0 Å². The first-order valence-corrected chi connectivity index (χ1v) is 10.7. The van der Waals surface area contributed by atoms with Crippen molar-refractivity contribution in [3.05, 3.63) is 58.6 Å². The number of hydrogen-bond donors (Lipinski definition) is 2. The van der Waals surface area contributed by atoms with Gasteiger partial charge in [0.1, 0.15) is 6.04 Å². The summed E-state index contributed by atoms with van der Waals surface area (Å²) in [4.78, 5) is 24.5. The van der Waals surface area contributed by atoms with Crippen molar-refractivity contribution in [2.75, 3.05) is 26.3 Å². The van der Waals surface area contributed by atoms with Crippen LogP contribution in [0.2, 0.25) is 0 Å². The zero-order chi connectivity index (χ0) is 22.3. The van der Waals surface area contributed by atoms with Crippen LogP contribution < -0.4 is 16.4 Å². The third-order valence-corrected chi connectivity index (χ3v) is 6.65. The number of ether oxygens (including phenoxy) is 1. The van der Waals surface area contributed by atoms with Crippen LogP contribution in [0.3, 0.4) is 0 Å². The molecule has 2 aromatic carbocycles. The first-order chi connectivity index (χ1) is 15.5. The van der Waals surface area contributed by atoms with Gasteiger partial charge in [-0.15, -0.1) is 0 Å². The second kappa shape index (κ2) is 7.93. The largest absolute Gasteiger partial charge is 0.419 e. The van der Waals surface area contributed by atoms with Gasteiger partial charge in [0.15, 0.2) is 5.58 Å². The highest BCUT2D eigenvalue weighted by Gasteiger charge is 2.52. The molecule has 2 N–H and O–H groups in total. The molecule has 8 nitrogen and oxygen atoms in total. The highest BCUT2D eigenvalue weighted by molar-refractivity contribution is 5.81. The van der Waals surface area contributed by atoms with E-state index in [0.29, 0.717) is 31.8 Å². The van der Waals surface area contributed by atoms with Gasteiger partial charge in [0, 0.05) is 32.0 Å². The average molecular weight is 432 g/mol. The van der Waals surface area contributed by atoms with E-state index in [4.69, 9.17) is 9.15 Å². The van der Waals surface area contributed by atoms with Crippen molar-refractivity contribution < 1.29 is 13.9 Å². The van der Waals surface area contributed by atoms with Crippen molar-refractivity contribution in [2.24, 2.45) is 18.4 Å². The van der Waals surface area contributed by atoms with Crippen LogP contribution in [0.1, 0.15) is 5.56 Å². The van der Waals surface area contributed by atoms with Crippen LogP contribution in [-0.2, 0) is 23.0 Å². The molecular formula is C24H24N4O4. The number of nitriles is 1. The van der Waals surface area contributed by atoms with E-state index in [1.807, 2.05) is 36.4 Å². The van der Waals surface area contributed by atoms with E-state index in [9.17, 15) is 14.9 Å². The number of aromatic nitrogens is 1. The number of carbonyl (C=O) groups is 1. The highest BCUT2D eigenvalue weighted by atomic mass is 16.5. The molecule has 2 fully saturated rings. The summed E-state index contributed by atoms with van der Waals surface area (Å²) in [5.74, 6) is -0.634. The standard InChI is InChI=1S/C24H24N4O4/c1-28-20-9-17(6-7-21(20)32-23(28)30)16-4-2-15(3-5-16)8-18(10-25)27-22(29)19-11-26-12-24(19)13-31-14-24/h2-7,9,18-19,26H,8,11-14H2,1H3,(H,27,29)/t18-,19?/m0/s1. The van der Waals surface area contributed by atoms with E-state index in [0.717, 1.165) is 28.8 Å². The van der Waals surface area contributed by atoms with Gasteiger partial charge in [-0.3, -0.25) is 9.36 Å². The smallest absolute Gasteiger partial charge is 0.408 e. The number of benzene rings is 2. The summed E-state index contributed by atoms with van der Waals surface area (Å²) in [6.07, 6.45) is 0.432. The van der Waals surface area contributed by atoms with Crippen LogP contribution in [0, 0.1) is 22.7 Å². The predicted octanol–water partition coefficient (Wildman–Crippen LogP) is 1.59. The Morgan fingerprint density at radius 2 is 2.03 bits per heavy atom. The predicted molar refractivity (Wildman–Crippen MR) is 118 cm³/mol. The number of hydrogen-bond acceptors (Lipinski definition) is 6. The Hall–Kier alpha value is -3.41. The van der Waals surface area contributed by atoms with Gasteiger partial charge in [-0.1, -0.05) is 30.3 Å². The number of amides is 1. The minimum atomic E-state index is -0.594. The summed E-state index contributed by atoms with van der Waals surface area (Å²) < 4.78 is 12.0. The number of carbonyl (C=O) groups excluding carboxylic acids is 1. The highest BCUT2D eigenvalue weighted by Crippen LogP contribution is 2.38. The van der Waals surface area contributed by atoms with E-state index >= 15 is 0 Å². The molecule has 2 atom stereocenters. The molecule has 2 aliphatic rings. The lowest BCUT2D eigenvalue weighted by Crippen LogP contribution is -2.54. The van der Waals surface area contributed by atoms with Crippen molar-refractivity contribution in [3.63, 3.8) is 0 Å². The maximum absolute atomic E-state index is 12.8. The van der Waals surface area contributed by atoms with Gasteiger partial charge in [-0.2, -0.15) is 5.26 Å². The van der Waals surface area contributed by atoms with Gasteiger partial charge in [0.05, 0.1) is 30.7 Å². The van der Waals surface area contributed by atoms with E-state index < -0.39 is 6.04 Å². The molecule has 0 bridgehead atoms. The van der Waals surface area contributed by atoms with Gasteiger partial charge in [0.2, 0.25) is 5.91 Å². The topological polar surface area (TPSA) is 109 Å². The molecule has 8 heteroatoms. The fourth-order valence-corrected chi connectivity index (χ4v) is 4.62. The molecule has 164 valence electrons. The number of aryl methyl sites for hydroxylation is 1. The summed E-state index contributed by atoms with van der Waals surface area (Å²) in [5, 5.41) is 15.8. The van der Waals surface area contributed by atoms with Crippen LogP contribution in [0.4, 0.5) is 0 Å². The first-order valence-electron chi connectivity index (χ1n) is 10.7. The zero-order valence-electron chi connectivity index (χ0n) is 17.8. The molecule has 2 aliphatic heterocycles. The van der Waals surface area contributed by atoms with Gasteiger partial charge < -0.3 is 19.8 Å². The lowest BCUT2D eigenvalue weighted by atomic mass is 9.75. The number of nitrogens with zero attached hydrogens (tertiary/aromatic N) is 2. The third kappa shape index (κ3) is 3.49. The summed E-state index contributed by atoms with van der Waals surface area (Å²) in [6.45, 7) is 2.59. The molecule has 1 spiro atoms. The third-order valence-electron chi connectivity index (χ3n) is 6.65. The van der Waals surface area contributed by atoms with Crippen LogP contribution in [0.5, 0.6) is 0 Å². The number of rotatable bonds is 5. The van der Waals surface area contributed by atoms with Gasteiger partial charge in [-0.05, 0) is 28.8 Å². The summed E-state index contributed by atoms with van der Waals surface area (Å²) in [6, 6.07) is 15.1. The number of fused-ring (bicyclic) bond motifs is 1. The van der Waals surface area contributed by atoms with Crippen molar-refractivity contribution in [1.82, 2.24) is 15.2 Å². The molecule has 32 heavy (non-hydrogen) atoms. The molecule has 0 radical (unpaired) electrons. The minimum Gasteiger partial charge on any atom is -0.408 e. The Labute approximate surface area is 184 Å². The van der Waals surface area contributed by atoms with Crippen molar-refractivity contribution in [3.8, 4) is 17.2 Å². The molecule has 1 aromatic heterocycles. The van der Waals surface area contributed by atoms with Gasteiger partial charge >= 0.3 is 5.76 Å². The van der Waals surface area contributed by atoms with Crippen LogP contribution >= 0.6 is 0 Å². The van der Waals surface area contributed by atoms with Crippen molar-refractivity contribution in [1.29, 1.82) is 5.26 Å². The summed E-state index contributed by atoms with van der Waals surface area (Å²) in [5.41, 5.74) is 4.09. The van der Waals surface area contributed by atoms with E-state index in [-0.39, 0.29) is 23.0 Å². The normalized spacial score (nSPS) is 20.1. The SMILES string of the molecule is Cn1c(=O)oc2ccc(-c3ccc(C[C@@H](C#N)NC(=O)C4CNCC45COC5)cc3)cc21. The van der Waals surface area contributed by atoms with E-state index in [1.54, 1.807) is 13.1 Å². The average Bonchev–Trinajstić information content (AvgIpc) is 3.35. The Bertz CT molecular complexity index is 1260. The summed E-state index contributed by atoms with van der Waals surface area (Å²) in [7, 11) is 1.68. The molecule has 1 unspecified atom stereocenters. The maximum atomic E-state index is 12.8. The molecular weight excluding hydrogens is 408 g/mol. The number of oxazole rings is 1. The van der Waals surface area contributed by atoms with E-state index in [2.05, 4.69) is 16.7 Å². The first kappa shape index (κ1) is 20.5. The monoisotopic (exact) mass is 432 g/mol.